The Hall–Kier alpha value is -1.96. The van der Waals surface area contributed by atoms with Crippen molar-refractivity contribution in [2.24, 2.45) is 0 Å². The van der Waals surface area contributed by atoms with Gasteiger partial charge in [0, 0.05) is 4.47 Å². The predicted octanol–water partition coefficient (Wildman–Crippen LogP) is 6.35. The molecule has 0 aliphatic heterocycles. The van der Waals surface area contributed by atoms with Crippen LogP contribution in [0.25, 0.3) is 11.6 Å². The summed E-state index contributed by atoms with van der Waals surface area (Å²) < 4.78 is 12.2. The molecule has 25 heavy (non-hydrogen) atoms. The van der Waals surface area contributed by atoms with Gasteiger partial charge in [-0.05, 0) is 54.8 Å². The molecule has 0 amide bonds. The Labute approximate surface area is 162 Å². The number of hydrogen-bond donors (Lipinski definition) is 0. The number of hydrogen-bond acceptors (Lipinski definition) is 3. The van der Waals surface area contributed by atoms with Crippen LogP contribution in [0.1, 0.15) is 31.4 Å². The molecule has 0 fully saturated rings. The number of halogens is 2. The van der Waals surface area contributed by atoms with Crippen molar-refractivity contribution < 1.29 is 9.47 Å². The maximum atomic E-state index is 9.49. The molecule has 2 aromatic carbocycles. The molecule has 0 saturated carbocycles. The van der Waals surface area contributed by atoms with Crippen molar-refractivity contribution >= 4 is 39.2 Å². The Morgan fingerprint density at radius 2 is 2.00 bits per heavy atom. The molecule has 2 rings (SSSR count). The molecule has 2 aromatic rings. The van der Waals surface area contributed by atoms with E-state index in [0.29, 0.717) is 22.1 Å². The van der Waals surface area contributed by atoms with Crippen LogP contribution in [0, 0.1) is 11.3 Å². The third kappa shape index (κ3) is 5.01. The summed E-state index contributed by atoms with van der Waals surface area (Å²) in [7, 11) is 1.57. The zero-order chi connectivity index (χ0) is 18.4. The van der Waals surface area contributed by atoms with E-state index in [0.717, 1.165) is 22.0 Å². The van der Waals surface area contributed by atoms with E-state index in [-0.39, 0.29) is 6.10 Å². The first-order valence-electron chi connectivity index (χ1n) is 7.90. The quantitative estimate of drug-likeness (QED) is 0.404. The topological polar surface area (TPSA) is 42.2 Å². The minimum atomic E-state index is 0.0326. The third-order valence-corrected chi connectivity index (χ3v) is 4.54. The lowest BCUT2D eigenvalue weighted by Gasteiger charge is -2.17. The van der Waals surface area contributed by atoms with E-state index in [9.17, 15) is 5.26 Å². The van der Waals surface area contributed by atoms with Crippen LogP contribution in [0.4, 0.5) is 0 Å². The van der Waals surface area contributed by atoms with E-state index < -0.39 is 0 Å². The van der Waals surface area contributed by atoms with Crippen LogP contribution in [0.5, 0.6) is 11.5 Å². The Morgan fingerprint density at radius 3 is 2.56 bits per heavy atom. The average molecular weight is 421 g/mol. The van der Waals surface area contributed by atoms with Crippen LogP contribution in [0.2, 0.25) is 5.02 Å². The SMILES string of the molecule is CC[C@@H](C)Oc1c(Cl)cc(/C=C(/C#N)c2ccc(Br)cc2)cc1OC. The average Bonchev–Trinajstić information content (AvgIpc) is 2.62. The summed E-state index contributed by atoms with van der Waals surface area (Å²) in [4.78, 5) is 0. The van der Waals surface area contributed by atoms with E-state index in [1.54, 1.807) is 19.3 Å². The molecule has 5 heteroatoms. The van der Waals surface area contributed by atoms with E-state index >= 15 is 0 Å². The molecule has 0 spiro atoms. The van der Waals surface area contributed by atoms with Gasteiger partial charge in [-0.2, -0.15) is 5.26 Å². The monoisotopic (exact) mass is 419 g/mol. The lowest BCUT2D eigenvalue weighted by molar-refractivity contribution is 0.208. The summed E-state index contributed by atoms with van der Waals surface area (Å²) in [6.45, 7) is 4.02. The molecule has 1 atom stereocenters. The highest BCUT2D eigenvalue weighted by Crippen LogP contribution is 2.38. The van der Waals surface area contributed by atoms with Crippen LogP contribution in [-0.2, 0) is 0 Å². The standard InChI is InChI=1S/C20H19BrClNO2/c1-4-13(2)25-20-18(22)10-14(11-19(20)24-3)9-16(12-23)15-5-7-17(21)8-6-15/h5-11,13H,4H2,1-3H3/b16-9-/t13-/m1/s1. The van der Waals surface area contributed by atoms with Gasteiger partial charge in [-0.1, -0.05) is 46.6 Å². The Balaban J connectivity index is 2.43. The zero-order valence-corrected chi connectivity index (χ0v) is 16.7. The van der Waals surface area contributed by atoms with E-state index in [1.807, 2.05) is 44.2 Å². The van der Waals surface area contributed by atoms with E-state index in [4.69, 9.17) is 21.1 Å². The molecule has 3 nitrogen and oxygen atoms in total. The second-order valence-corrected chi connectivity index (χ2v) is 6.87. The molecular formula is C20H19BrClNO2. The van der Waals surface area contributed by atoms with Gasteiger partial charge in [0.05, 0.1) is 29.9 Å². The molecule has 0 bridgehead atoms. The number of ether oxygens (including phenoxy) is 2. The van der Waals surface area contributed by atoms with E-state index in [2.05, 4.69) is 22.0 Å². The minimum Gasteiger partial charge on any atom is -0.493 e. The van der Waals surface area contributed by atoms with Crippen molar-refractivity contribution in [3.8, 4) is 17.6 Å². The van der Waals surface area contributed by atoms with Crippen molar-refractivity contribution in [2.45, 2.75) is 26.4 Å². The molecule has 0 saturated heterocycles. The first-order chi connectivity index (χ1) is 12.0. The molecular weight excluding hydrogens is 402 g/mol. The van der Waals surface area contributed by atoms with Gasteiger partial charge in [-0.3, -0.25) is 0 Å². The highest BCUT2D eigenvalue weighted by molar-refractivity contribution is 9.10. The number of allylic oxidation sites excluding steroid dienone is 1. The molecule has 0 N–H and O–H groups in total. The van der Waals surface area contributed by atoms with Gasteiger partial charge >= 0.3 is 0 Å². The predicted molar refractivity (Wildman–Crippen MR) is 106 cm³/mol. The maximum Gasteiger partial charge on any atom is 0.180 e. The summed E-state index contributed by atoms with van der Waals surface area (Å²) in [5.41, 5.74) is 2.15. The highest BCUT2D eigenvalue weighted by Gasteiger charge is 2.14. The van der Waals surface area contributed by atoms with Gasteiger partial charge in [-0.15, -0.1) is 0 Å². The van der Waals surface area contributed by atoms with Crippen molar-refractivity contribution in [2.75, 3.05) is 7.11 Å². The van der Waals surface area contributed by atoms with Crippen LogP contribution in [0.3, 0.4) is 0 Å². The van der Waals surface area contributed by atoms with Gasteiger partial charge in [0.2, 0.25) is 0 Å². The summed E-state index contributed by atoms with van der Waals surface area (Å²) >= 11 is 9.78. The fraction of sp³-hybridized carbons (Fsp3) is 0.250. The molecule has 130 valence electrons. The normalized spacial score (nSPS) is 12.4. The molecule has 0 aliphatic rings. The zero-order valence-electron chi connectivity index (χ0n) is 14.3. The van der Waals surface area contributed by atoms with E-state index in [1.165, 1.54) is 0 Å². The number of nitrogens with zero attached hydrogens (tertiary/aromatic N) is 1. The highest BCUT2D eigenvalue weighted by atomic mass is 79.9. The molecule has 0 radical (unpaired) electrons. The van der Waals surface area contributed by atoms with Gasteiger partial charge in [0.1, 0.15) is 0 Å². The number of methoxy groups -OCH3 is 1. The van der Waals surface area contributed by atoms with Crippen molar-refractivity contribution in [1.29, 1.82) is 5.26 Å². The molecule has 0 aliphatic carbocycles. The maximum absolute atomic E-state index is 9.49. The largest absolute Gasteiger partial charge is 0.493 e. The Morgan fingerprint density at radius 1 is 1.32 bits per heavy atom. The van der Waals surface area contributed by atoms with Gasteiger partial charge in [0.15, 0.2) is 11.5 Å². The fourth-order valence-electron chi connectivity index (χ4n) is 2.20. The second kappa shape index (κ2) is 8.94. The summed E-state index contributed by atoms with van der Waals surface area (Å²) in [5.74, 6) is 1.07. The first-order valence-corrected chi connectivity index (χ1v) is 9.07. The van der Waals surface area contributed by atoms with Crippen molar-refractivity contribution in [1.82, 2.24) is 0 Å². The van der Waals surface area contributed by atoms with Gasteiger partial charge in [-0.25, -0.2) is 0 Å². The number of rotatable bonds is 6. The number of nitriles is 1. The van der Waals surface area contributed by atoms with Crippen LogP contribution >= 0.6 is 27.5 Å². The smallest absolute Gasteiger partial charge is 0.180 e. The lowest BCUT2D eigenvalue weighted by atomic mass is 10.0. The van der Waals surface area contributed by atoms with Crippen LogP contribution < -0.4 is 9.47 Å². The Kier molecular flexibility index (Phi) is 6.92. The summed E-state index contributed by atoms with van der Waals surface area (Å²) in [6.07, 6.45) is 2.68. The minimum absolute atomic E-state index is 0.0326. The van der Waals surface area contributed by atoms with Crippen LogP contribution in [0.15, 0.2) is 40.9 Å². The van der Waals surface area contributed by atoms with Gasteiger partial charge in [0.25, 0.3) is 0 Å². The van der Waals surface area contributed by atoms with Crippen molar-refractivity contribution in [3.05, 3.63) is 57.0 Å². The van der Waals surface area contributed by atoms with Gasteiger partial charge < -0.3 is 9.47 Å². The van der Waals surface area contributed by atoms with Crippen molar-refractivity contribution in [3.63, 3.8) is 0 Å². The fourth-order valence-corrected chi connectivity index (χ4v) is 2.73. The van der Waals surface area contributed by atoms with Crippen LogP contribution in [-0.4, -0.2) is 13.2 Å². The molecule has 0 unspecified atom stereocenters. The summed E-state index contributed by atoms with van der Waals surface area (Å²) in [5, 5.41) is 9.95. The summed E-state index contributed by atoms with van der Waals surface area (Å²) in [6, 6.07) is 13.4. The molecule has 0 aromatic heterocycles. The third-order valence-electron chi connectivity index (χ3n) is 3.73. The lowest BCUT2D eigenvalue weighted by Crippen LogP contribution is -2.11. The first kappa shape index (κ1) is 19.4. The Bertz CT molecular complexity index is 810. The molecule has 0 heterocycles. The number of benzene rings is 2. The second-order valence-electron chi connectivity index (χ2n) is 5.55.